The van der Waals surface area contributed by atoms with Crippen LogP contribution in [0, 0.1) is 5.92 Å². The summed E-state index contributed by atoms with van der Waals surface area (Å²) in [5, 5.41) is 5.68. The van der Waals surface area contributed by atoms with Gasteiger partial charge >= 0.3 is 0 Å². The lowest BCUT2D eigenvalue weighted by molar-refractivity contribution is 0.567. The predicted molar refractivity (Wildman–Crippen MR) is 160 cm³/mol. The molecule has 0 N–H and O–H groups in total. The number of fused-ring (bicyclic) bond motifs is 5. The van der Waals surface area contributed by atoms with Gasteiger partial charge in [0.1, 0.15) is 5.65 Å². The minimum atomic E-state index is 0.490. The van der Waals surface area contributed by atoms with Crippen LogP contribution in [0.1, 0.15) is 64.7 Å². The van der Waals surface area contributed by atoms with Crippen molar-refractivity contribution in [1.29, 1.82) is 0 Å². The van der Waals surface area contributed by atoms with E-state index in [2.05, 4.69) is 102 Å². The van der Waals surface area contributed by atoms with Crippen LogP contribution in [0.25, 0.3) is 45.2 Å². The fourth-order valence-corrected chi connectivity index (χ4v) is 6.51. The Morgan fingerprint density at radius 1 is 0.865 bits per heavy atom. The van der Waals surface area contributed by atoms with Crippen molar-refractivity contribution >= 4 is 34.1 Å². The van der Waals surface area contributed by atoms with Crippen LogP contribution in [0.3, 0.4) is 0 Å². The van der Waals surface area contributed by atoms with E-state index in [9.17, 15) is 0 Å². The SMILES string of the molecule is CCCCCCCCn1c2cc(-c3ccccc3)ccc2c2c3c(n(C)c21)=CC(C1=CCCC=C1)CC=3. The van der Waals surface area contributed by atoms with Gasteiger partial charge in [-0.2, -0.15) is 0 Å². The number of unbranched alkanes of at least 4 members (excludes halogenated alkanes) is 5. The molecule has 2 aromatic carbocycles. The summed E-state index contributed by atoms with van der Waals surface area (Å²) in [6, 6.07) is 18.0. The molecule has 1 atom stereocenters. The van der Waals surface area contributed by atoms with Crippen molar-refractivity contribution in [2.75, 3.05) is 0 Å². The molecule has 2 aromatic heterocycles. The van der Waals surface area contributed by atoms with Crippen molar-refractivity contribution in [1.82, 2.24) is 9.13 Å². The highest BCUT2D eigenvalue weighted by Gasteiger charge is 2.21. The van der Waals surface area contributed by atoms with E-state index < -0.39 is 0 Å². The van der Waals surface area contributed by atoms with E-state index in [0.29, 0.717) is 5.92 Å². The van der Waals surface area contributed by atoms with E-state index in [1.54, 1.807) is 0 Å². The standard InChI is InChI=1S/C35H40N2/c1-3-4-5-6-7-14-23-37-33-25-29(27-17-12-9-13-18-27)20-22-31(33)34-30-21-19-28(26-15-10-8-11-16-26)24-32(30)36(2)35(34)37/h9-10,12-13,15-18,20-22,24-25,28H,3-8,11,14,19,23H2,1-2H3. The van der Waals surface area contributed by atoms with Crippen molar-refractivity contribution in [3.8, 4) is 11.1 Å². The maximum atomic E-state index is 2.63. The van der Waals surface area contributed by atoms with Crippen molar-refractivity contribution < 1.29 is 0 Å². The summed E-state index contributed by atoms with van der Waals surface area (Å²) in [6.45, 7) is 3.38. The maximum absolute atomic E-state index is 2.63. The Labute approximate surface area is 221 Å². The second-order valence-electron chi connectivity index (χ2n) is 11.0. The highest BCUT2D eigenvalue weighted by Crippen LogP contribution is 2.32. The summed E-state index contributed by atoms with van der Waals surface area (Å²) in [4.78, 5) is 0. The van der Waals surface area contributed by atoms with Crippen LogP contribution in [0.5, 0.6) is 0 Å². The minimum absolute atomic E-state index is 0.490. The summed E-state index contributed by atoms with van der Waals surface area (Å²) in [7, 11) is 2.29. The molecule has 0 aliphatic heterocycles. The van der Waals surface area contributed by atoms with Crippen LogP contribution in [0.4, 0.5) is 0 Å². The van der Waals surface area contributed by atoms with E-state index in [4.69, 9.17) is 0 Å². The smallest absolute Gasteiger partial charge is 0.122 e. The summed E-state index contributed by atoms with van der Waals surface area (Å²) in [5.74, 6) is 0.490. The number of aromatic nitrogens is 2. The molecule has 0 saturated carbocycles. The zero-order chi connectivity index (χ0) is 25.2. The zero-order valence-corrected chi connectivity index (χ0v) is 22.5. The Hall–Kier alpha value is -3.26. The van der Waals surface area contributed by atoms with Crippen LogP contribution < -0.4 is 10.6 Å². The highest BCUT2D eigenvalue weighted by atomic mass is 15.1. The van der Waals surface area contributed by atoms with E-state index >= 15 is 0 Å². The molecular formula is C35H40N2. The quantitative estimate of drug-likeness (QED) is 0.211. The third-order valence-electron chi connectivity index (χ3n) is 8.49. The third kappa shape index (κ3) is 4.52. The van der Waals surface area contributed by atoms with Crippen LogP contribution >= 0.6 is 0 Å². The fraction of sp³-hybridized carbons (Fsp3) is 0.371. The predicted octanol–water partition coefficient (Wildman–Crippen LogP) is 8.02. The van der Waals surface area contributed by atoms with E-state index in [0.717, 1.165) is 13.0 Å². The summed E-state index contributed by atoms with van der Waals surface area (Å²) in [5.41, 5.74) is 6.86. The number of benzene rings is 2. The van der Waals surface area contributed by atoms with E-state index in [1.165, 1.54) is 101 Å². The number of aryl methyl sites for hydroxylation is 2. The molecule has 190 valence electrons. The van der Waals surface area contributed by atoms with Crippen LogP contribution in [-0.2, 0) is 13.6 Å². The van der Waals surface area contributed by atoms with Gasteiger partial charge < -0.3 is 9.13 Å². The monoisotopic (exact) mass is 488 g/mol. The highest BCUT2D eigenvalue weighted by molar-refractivity contribution is 6.09. The first-order chi connectivity index (χ1) is 18.3. The average Bonchev–Trinajstić information content (AvgIpc) is 3.43. The van der Waals surface area contributed by atoms with E-state index in [1.807, 2.05) is 0 Å². The second kappa shape index (κ2) is 10.6. The first-order valence-corrected chi connectivity index (χ1v) is 14.5. The zero-order valence-electron chi connectivity index (χ0n) is 22.5. The third-order valence-corrected chi connectivity index (χ3v) is 8.49. The molecule has 0 radical (unpaired) electrons. The molecule has 0 spiro atoms. The van der Waals surface area contributed by atoms with Gasteiger partial charge in [-0.15, -0.1) is 0 Å². The van der Waals surface area contributed by atoms with Gasteiger partial charge in [0.05, 0.1) is 5.52 Å². The average molecular weight is 489 g/mol. The molecule has 2 heterocycles. The maximum Gasteiger partial charge on any atom is 0.122 e. The molecule has 0 fully saturated rings. The lowest BCUT2D eigenvalue weighted by atomic mass is 9.88. The van der Waals surface area contributed by atoms with Crippen LogP contribution in [0.2, 0.25) is 0 Å². The number of rotatable bonds is 9. The fourth-order valence-electron chi connectivity index (χ4n) is 6.51. The van der Waals surface area contributed by atoms with Gasteiger partial charge in [-0.25, -0.2) is 0 Å². The van der Waals surface area contributed by atoms with Crippen molar-refractivity contribution in [3.63, 3.8) is 0 Å². The molecule has 6 rings (SSSR count). The molecule has 2 aliphatic carbocycles. The molecule has 1 unspecified atom stereocenters. The van der Waals surface area contributed by atoms with Gasteiger partial charge in [-0.1, -0.05) is 112 Å². The topological polar surface area (TPSA) is 9.86 Å². The largest absolute Gasteiger partial charge is 0.330 e. The van der Waals surface area contributed by atoms with Crippen LogP contribution in [0.15, 0.2) is 72.3 Å². The number of hydrogen-bond donors (Lipinski definition) is 0. The van der Waals surface area contributed by atoms with Gasteiger partial charge in [0.2, 0.25) is 0 Å². The Bertz CT molecular complexity index is 1590. The first-order valence-electron chi connectivity index (χ1n) is 14.5. The Balaban J connectivity index is 1.47. The van der Waals surface area contributed by atoms with Crippen LogP contribution in [-0.4, -0.2) is 9.13 Å². The Morgan fingerprint density at radius 3 is 2.51 bits per heavy atom. The van der Waals surface area contributed by atoms with Crippen molar-refractivity contribution in [3.05, 3.63) is 82.9 Å². The second-order valence-corrected chi connectivity index (χ2v) is 11.0. The number of nitrogens with zero attached hydrogens (tertiary/aromatic N) is 2. The Kier molecular flexibility index (Phi) is 6.91. The molecule has 2 nitrogen and oxygen atoms in total. The number of allylic oxidation sites excluding steroid dienone is 4. The molecule has 0 bridgehead atoms. The van der Waals surface area contributed by atoms with Gasteiger partial charge in [0.25, 0.3) is 0 Å². The normalized spacial score (nSPS) is 17.0. The molecule has 0 saturated heterocycles. The molecule has 0 amide bonds. The van der Waals surface area contributed by atoms with Crippen molar-refractivity contribution in [2.45, 2.75) is 71.3 Å². The van der Waals surface area contributed by atoms with Gasteiger partial charge in [0, 0.05) is 40.9 Å². The summed E-state index contributed by atoms with van der Waals surface area (Å²) in [6.07, 6.45) is 23.6. The van der Waals surface area contributed by atoms with Crippen molar-refractivity contribution in [2.24, 2.45) is 13.0 Å². The Morgan fingerprint density at radius 2 is 1.70 bits per heavy atom. The summed E-state index contributed by atoms with van der Waals surface area (Å²) >= 11 is 0. The summed E-state index contributed by atoms with van der Waals surface area (Å²) < 4.78 is 5.12. The molecular weight excluding hydrogens is 448 g/mol. The minimum Gasteiger partial charge on any atom is -0.330 e. The molecule has 37 heavy (non-hydrogen) atoms. The molecule has 2 heteroatoms. The van der Waals surface area contributed by atoms with Gasteiger partial charge in [-0.05, 0) is 48.4 Å². The van der Waals surface area contributed by atoms with E-state index in [-0.39, 0.29) is 0 Å². The molecule has 4 aromatic rings. The number of hydrogen-bond acceptors (Lipinski definition) is 0. The lowest BCUT2D eigenvalue weighted by Crippen LogP contribution is -2.32. The van der Waals surface area contributed by atoms with Gasteiger partial charge in [0.15, 0.2) is 0 Å². The first kappa shape index (κ1) is 24.1. The lowest BCUT2D eigenvalue weighted by Gasteiger charge is -2.17. The van der Waals surface area contributed by atoms with Gasteiger partial charge in [-0.3, -0.25) is 0 Å². The molecule has 2 aliphatic rings.